The molecule has 3 rings (SSSR count). The maximum atomic E-state index is 11.5. The summed E-state index contributed by atoms with van der Waals surface area (Å²) in [5.41, 5.74) is 2.59. The van der Waals surface area contributed by atoms with Gasteiger partial charge in [-0.15, -0.1) is 0 Å². The van der Waals surface area contributed by atoms with Crippen LogP contribution in [0.3, 0.4) is 0 Å². The van der Waals surface area contributed by atoms with Crippen molar-refractivity contribution >= 4 is 17.0 Å². The summed E-state index contributed by atoms with van der Waals surface area (Å²) in [5, 5.41) is 16.8. The molecule has 0 saturated carbocycles. The third-order valence-electron chi connectivity index (χ3n) is 3.30. The van der Waals surface area contributed by atoms with Gasteiger partial charge in [0.25, 0.3) is 0 Å². The molecule has 2 aromatic heterocycles. The number of carboxylic acids is 1. The van der Waals surface area contributed by atoms with Crippen molar-refractivity contribution in [2.24, 2.45) is 0 Å². The Kier molecular flexibility index (Phi) is 3.06. The Balaban J connectivity index is 2.26. The number of nitrogens with zero attached hydrogens (tertiary/aromatic N) is 2. The van der Waals surface area contributed by atoms with E-state index in [1.807, 2.05) is 18.2 Å². The highest BCUT2D eigenvalue weighted by molar-refractivity contribution is 6.03. The average Bonchev–Trinajstić information content (AvgIpc) is 2.88. The first kappa shape index (κ1) is 13.1. The van der Waals surface area contributed by atoms with Gasteiger partial charge in [-0.3, -0.25) is 5.10 Å². The number of hydrogen-bond acceptors (Lipinski definition) is 4. The Bertz CT molecular complexity index is 839. The van der Waals surface area contributed by atoms with E-state index in [2.05, 4.69) is 15.2 Å². The fourth-order valence-electron chi connectivity index (χ4n) is 2.27. The van der Waals surface area contributed by atoms with Crippen molar-refractivity contribution in [1.29, 1.82) is 0 Å². The summed E-state index contributed by atoms with van der Waals surface area (Å²) in [6.45, 7) is 1.77. The van der Waals surface area contributed by atoms with E-state index < -0.39 is 5.97 Å². The lowest BCUT2D eigenvalue weighted by molar-refractivity contribution is 0.0699. The molecule has 0 atom stereocenters. The minimum atomic E-state index is -1.00. The summed E-state index contributed by atoms with van der Waals surface area (Å²) in [7, 11) is 1.58. The van der Waals surface area contributed by atoms with Gasteiger partial charge in [0, 0.05) is 11.3 Å². The molecule has 0 spiro atoms. The Hall–Kier alpha value is -2.89. The quantitative estimate of drug-likeness (QED) is 0.771. The number of aromatic carboxylic acids is 1. The third kappa shape index (κ3) is 2.20. The van der Waals surface area contributed by atoms with Crippen LogP contribution in [0.15, 0.2) is 30.3 Å². The molecule has 0 radical (unpaired) electrons. The molecule has 0 aliphatic carbocycles. The lowest BCUT2D eigenvalue weighted by Gasteiger charge is -2.06. The molecule has 106 valence electrons. The highest BCUT2D eigenvalue weighted by atomic mass is 16.5. The zero-order valence-corrected chi connectivity index (χ0v) is 11.5. The summed E-state index contributed by atoms with van der Waals surface area (Å²) in [4.78, 5) is 15.9. The predicted molar refractivity (Wildman–Crippen MR) is 77.6 cm³/mol. The molecule has 3 aromatic rings. The number of fused-ring (bicyclic) bond motifs is 1. The topological polar surface area (TPSA) is 88.1 Å². The highest BCUT2D eigenvalue weighted by Crippen LogP contribution is 2.27. The molecule has 0 amide bonds. The van der Waals surface area contributed by atoms with Gasteiger partial charge in [-0.05, 0) is 25.1 Å². The third-order valence-corrected chi connectivity index (χ3v) is 3.30. The summed E-state index contributed by atoms with van der Waals surface area (Å²) in [6, 6.07) is 8.86. The molecule has 1 aromatic carbocycles. The van der Waals surface area contributed by atoms with Gasteiger partial charge in [0.05, 0.1) is 23.8 Å². The Labute approximate surface area is 120 Å². The van der Waals surface area contributed by atoms with Gasteiger partial charge >= 0.3 is 5.97 Å². The molecule has 0 saturated heterocycles. The van der Waals surface area contributed by atoms with E-state index >= 15 is 0 Å². The lowest BCUT2D eigenvalue weighted by Crippen LogP contribution is -2.00. The van der Waals surface area contributed by atoms with E-state index in [0.29, 0.717) is 28.2 Å². The van der Waals surface area contributed by atoms with Gasteiger partial charge in [-0.1, -0.05) is 12.1 Å². The number of pyridine rings is 1. The van der Waals surface area contributed by atoms with Gasteiger partial charge in [-0.25, -0.2) is 9.78 Å². The molecule has 0 bridgehead atoms. The van der Waals surface area contributed by atoms with Crippen molar-refractivity contribution in [2.75, 3.05) is 7.11 Å². The number of ether oxygens (including phenoxy) is 1. The number of aromatic amines is 1. The van der Waals surface area contributed by atoms with Gasteiger partial charge in [0.1, 0.15) is 5.75 Å². The van der Waals surface area contributed by atoms with Crippen molar-refractivity contribution in [1.82, 2.24) is 15.2 Å². The van der Waals surface area contributed by atoms with E-state index in [1.54, 1.807) is 26.2 Å². The second-order valence-electron chi connectivity index (χ2n) is 4.64. The van der Waals surface area contributed by atoms with Gasteiger partial charge in [-0.2, -0.15) is 5.10 Å². The molecule has 6 heteroatoms. The maximum absolute atomic E-state index is 11.5. The Morgan fingerprint density at radius 3 is 2.86 bits per heavy atom. The largest absolute Gasteiger partial charge is 0.497 e. The molecule has 2 heterocycles. The van der Waals surface area contributed by atoms with Crippen molar-refractivity contribution in [2.45, 2.75) is 6.92 Å². The number of hydrogen-bond donors (Lipinski definition) is 2. The van der Waals surface area contributed by atoms with E-state index in [4.69, 9.17) is 4.74 Å². The molecule has 6 nitrogen and oxygen atoms in total. The number of H-pyrrole nitrogens is 1. The minimum absolute atomic E-state index is 0.184. The predicted octanol–water partition coefficient (Wildman–Crippen LogP) is 2.64. The fourth-order valence-corrected chi connectivity index (χ4v) is 2.27. The normalized spacial score (nSPS) is 10.8. The Morgan fingerprint density at radius 1 is 1.33 bits per heavy atom. The van der Waals surface area contributed by atoms with Gasteiger partial charge in [0.2, 0.25) is 0 Å². The van der Waals surface area contributed by atoms with Crippen LogP contribution < -0.4 is 4.74 Å². The van der Waals surface area contributed by atoms with E-state index in [9.17, 15) is 9.90 Å². The zero-order valence-electron chi connectivity index (χ0n) is 11.5. The monoisotopic (exact) mass is 283 g/mol. The molecular formula is C15H13N3O3. The molecule has 21 heavy (non-hydrogen) atoms. The number of nitrogens with one attached hydrogen (secondary N) is 1. The van der Waals surface area contributed by atoms with Gasteiger partial charge in [0.15, 0.2) is 5.65 Å². The smallest absolute Gasteiger partial charge is 0.336 e. The van der Waals surface area contributed by atoms with Crippen LogP contribution in [0.4, 0.5) is 0 Å². The van der Waals surface area contributed by atoms with Crippen molar-refractivity contribution in [3.63, 3.8) is 0 Å². The number of methoxy groups -OCH3 is 1. The van der Waals surface area contributed by atoms with Crippen molar-refractivity contribution in [3.05, 3.63) is 41.6 Å². The van der Waals surface area contributed by atoms with Crippen molar-refractivity contribution in [3.8, 4) is 17.0 Å². The van der Waals surface area contributed by atoms with Crippen LogP contribution in [0.25, 0.3) is 22.3 Å². The Morgan fingerprint density at radius 2 is 2.14 bits per heavy atom. The first-order valence-electron chi connectivity index (χ1n) is 6.33. The first-order valence-corrected chi connectivity index (χ1v) is 6.33. The molecule has 0 aliphatic heterocycles. The number of aromatic nitrogens is 3. The van der Waals surface area contributed by atoms with Crippen LogP contribution in [0.5, 0.6) is 5.75 Å². The molecular weight excluding hydrogens is 270 g/mol. The second-order valence-corrected chi connectivity index (χ2v) is 4.64. The summed E-state index contributed by atoms with van der Waals surface area (Å²) in [5.74, 6) is -0.319. The molecule has 0 aliphatic rings. The van der Waals surface area contributed by atoms with Crippen molar-refractivity contribution < 1.29 is 14.6 Å². The molecule has 2 N–H and O–H groups in total. The summed E-state index contributed by atoms with van der Waals surface area (Å²) >= 11 is 0. The van der Waals surface area contributed by atoms with Crippen LogP contribution in [-0.4, -0.2) is 33.4 Å². The maximum Gasteiger partial charge on any atom is 0.336 e. The highest BCUT2D eigenvalue weighted by Gasteiger charge is 2.17. The number of aryl methyl sites for hydroxylation is 1. The van der Waals surface area contributed by atoms with E-state index in [1.165, 1.54) is 0 Å². The second kappa shape index (κ2) is 4.90. The summed E-state index contributed by atoms with van der Waals surface area (Å²) < 4.78 is 5.18. The minimum Gasteiger partial charge on any atom is -0.497 e. The van der Waals surface area contributed by atoms with E-state index in [-0.39, 0.29) is 5.56 Å². The fraction of sp³-hybridized carbons (Fsp3) is 0.133. The van der Waals surface area contributed by atoms with Crippen LogP contribution in [0.2, 0.25) is 0 Å². The zero-order chi connectivity index (χ0) is 15.0. The standard InChI is InChI=1S/C15H13N3O3/c1-8-13-11(15(19)20)7-12(16-14(13)18-17-8)9-4-3-5-10(6-9)21-2/h3-7H,1-2H3,(H,19,20)(H,16,17,18). The number of carboxylic acid groups (broad SMARTS) is 1. The number of carbonyl (C=O) groups is 1. The number of rotatable bonds is 3. The summed E-state index contributed by atoms with van der Waals surface area (Å²) in [6.07, 6.45) is 0. The van der Waals surface area contributed by atoms with Crippen LogP contribution in [0.1, 0.15) is 16.1 Å². The van der Waals surface area contributed by atoms with Gasteiger partial charge < -0.3 is 9.84 Å². The first-order chi connectivity index (χ1) is 10.1. The lowest BCUT2D eigenvalue weighted by atomic mass is 10.1. The number of benzene rings is 1. The van der Waals surface area contributed by atoms with Crippen LogP contribution in [0, 0.1) is 6.92 Å². The molecule has 0 unspecified atom stereocenters. The SMILES string of the molecule is COc1cccc(-c2cc(C(=O)O)c3c(C)[nH]nc3n2)c1. The average molecular weight is 283 g/mol. The molecule has 0 fully saturated rings. The van der Waals surface area contributed by atoms with E-state index in [0.717, 1.165) is 5.56 Å². The van der Waals surface area contributed by atoms with Crippen LogP contribution >= 0.6 is 0 Å². The van der Waals surface area contributed by atoms with Crippen LogP contribution in [-0.2, 0) is 0 Å².